The van der Waals surface area contributed by atoms with Crippen LogP contribution < -0.4 is 5.48 Å². The van der Waals surface area contributed by atoms with Gasteiger partial charge < -0.3 is 4.90 Å². The number of guanidine groups is 1. The molecule has 0 radical (unpaired) electrons. The number of fused-ring (bicyclic) bond motifs is 1. The van der Waals surface area contributed by atoms with Crippen LogP contribution in [0, 0.1) is 0 Å². The van der Waals surface area contributed by atoms with Crippen molar-refractivity contribution in [3.63, 3.8) is 0 Å². The highest BCUT2D eigenvalue weighted by molar-refractivity contribution is 5.83. The van der Waals surface area contributed by atoms with Crippen molar-refractivity contribution in [2.75, 3.05) is 7.05 Å². The van der Waals surface area contributed by atoms with Crippen LogP contribution >= 0.6 is 0 Å². The third-order valence-corrected chi connectivity index (χ3v) is 2.09. The van der Waals surface area contributed by atoms with Crippen LogP contribution in [0.25, 0.3) is 0 Å². The molecule has 0 bridgehead atoms. The minimum atomic E-state index is 0.485. The zero-order chi connectivity index (χ0) is 9.26. The average molecular weight is 177 g/mol. The van der Waals surface area contributed by atoms with Gasteiger partial charge in [0.05, 0.1) is 5.69 Å². The minimum Gasteiger partial charge on any atom is -0.340 e. The number of benzene rings is 1. The first kappa shape index (κ1) is 8.07. The first-order chi connectivity index (χ1) is 6.31. The summed E-state index contributed by atoms with van der Waals surface area (Å²) in [7, 11) is 1.87. The molecule has 0 fully saturated rings. The van der Waals surface area contributed by atoms with Crippen LogP contribution in [0.4, 0.5) is 5.69 Å². The van der Waals surface area contributed by atoms with E-state index in [2.05, 4.69) is 10.5 Å². The molecule has 4 heteroatoms. The summed E-state index contributed by atoms with van der Waals surface area (Å²) < 4.78 is 0. The second-order valence-corrected chi connectivity index (χ2v) is 3.03. The lowest BCUT2D eigenvalue weighted by molar-refractivity contribution is 0.213. The highest BCUT2D eigenvalue weighted by Gasteiger charge is 2.14. The topological polar surface area (TPSA) is 47.9 Å². The summed E-state index contributed by atoms with van der Waals surface area (Å²) in [5, 5.41) is 8.76. The SMILES string of the molecule is CN1Cc2ccccc2N=C1NO. The number of hydrogen-bond acceptors (Lipinski definition) is 4. The molecule has 0 saturated heterocycles. The second-order valence-electron chi connectivity index (χ2n) is 3.03. The molecule has 13 heavy (non-hydrogen) atoms. The summed E-state index contributed by atoms with van der Waals surface area (Å²) in [5.74, 6) is 0.485. The maximum Gasteiger partial charge on any atom is 0.223 e. The van der Waals surface area contributed by atoms with Crippen LogP contribution in [-0.4, -0.2) is 23.1 Å². The van der Waals surface area contributed by atoms with Gasteiger partial charge in [0.25, 0.3) is 0 Å². The van der Waals surface area contributed by atoms with Gasteiger partial charge in [-0.2, -0.15) is 0 Å². The lowest BCUT2D eigenvalue weighted by Crippen LogP contribution is -2.38. The average Bonchev–Trinajstić information content (AvgIpc) is 2.17. The molecule has 0 aliphatic carbocycles. The number of para-hydroxylation sites is 1. The van der Waals surface area contributed by atoms with Crippen molar-refractivity contribution in [3.05, 3.63) is 29.8 Å². The smallest absolute Gasteiger partial charge is 0.223 e. The Bertz CT molecular complexity index is 348. The molecule has 0 atom stereocenters. The van der Waals surface area contributed by atoms with E-state index in [0.717, 1.165) is 12.2 Å². The standard InChI is InChI=1S/C9H11N3O/c1-12-6-7-4-2-3-5-8(7)10-9(12)11-13/h2-5,13H,6H2,1H3,(H,10,11). The molecule has 0 spiro atoms. The zero-order valence-electron chi connectivity index (χ0n) is 7.36. The molecule has 2 N–H and O–H groups in total. The van der Waals surface area contributed by atoms with E-state index in [1.807, 2.05) is 36.2 Å². The van der Waals surface area contributed by atoms with Crippen LogP contribution in [0.5, 0.6) is 0 Å². The van der Waals surface area contributed by atoms with Gasteiger partial charge in [-0.3, -0.25) is 5.21 Å². The molecule has 1 aromatic carbocycles. The summed E-state index contributed by atoms with van der Waals surface area (Å²) >= 11 is 0. The number of rotatable bonds is 0. The summed E-state index contributed by atoms with van der Waals surface area (Å²) in [5.41, 5.74) is 4.15. The number of nitrogens with one attached hydrogen (secondary N) is 1. The third-order valence-electron chi connectivity index (χ3n) is 2.09. The van der Waals surface area contributed by atoms with E-state index >= 15 is 0 Å². The Kier molecular flexibility index (Phi) is 1.90. The lowest BCUT2D eigenvalue weighted by atomic mass is 10.1. The minimum absolute atomic E-state index is 0.485. The first-order valence-electron chi connectivity index (χ1n) is 4.09. The Balaban J connectivity index is 2.44. The van der Waals surface area contributed by atoms with Crippen molar-refractivity contribution >= 4 is 11.6 Å². The van der Waals surface area contributed by atoms with Crippen molar-refractivity contribution in [1.29, 1.82) is 0 Å². The fraction of sp³-hybridized carbons (Fsp3) is 0.222. The van der Waals surface area contributed by atoms with E-state index in [0.29, 0.717) is 5.96 Å². The maximum atomic E-state index is 8.76. The van der Waals surface area contributed by atoms with E-state index in [9.17, 15) is 0 Å². The highest BCUT2D eigenvalue weighted by Crippen LogP contribution is 2.23. The van der Waals surface area contributed by atoms with Gasteiger partial charge in [0.2, 0.25) is 5.96 Å². The number of hydroxylamine groups is 1. The summed E-state index contributed by atoms with van der Waals surface area (Å²) in [6.07, 6.45) is 0. The quantitative estimate of drug-likeness (QED) is 0.583. The molecular formula is C9H11N3O. The molecule has 1 aliphatic heterocycles. The van der Waals surface area contributed by atoms with Crippen molar-refractivity contribution in [1.82, 2.24) is 10.4 Å². The molecule has 0 unspecified atom stereocenters. The van der Waals surface area contributed by atoms with Gasteiger partial charge in [0.15, 0.2) is 0 Å². The van der Waals surface area contributed by atoms with E-state index in [-0.39, 0.29) is 0 Å². The van der Waals surface area contributed by atoms with Crippen LogP contribution in [0.1, 0.15) is 5.56 Å². The highest BCUT2D eigenvalue weighted by atomic mass is 16.5. The Morgan fingerprint density at radius 2 is 2.23 bits per heavy atom. The van der Waals surface area contributed by atoms with Gasteiger partial charge in [0.1, 0.15) is 0 Å². The van der Waals surface area contributed by atoms with Crippen molar-refractivity contribution < 1.29 is 5.21 Å². The van der Waals surface area contributed by atoms with E-state index in [1.54, 1.807) is 0 Å². The first-order valence-corrected chi connectivity index (χ1v) is 4.09. The molecule has 0 amide bonds. The molecule has 68 valence electrons. The summed E-state index contributed by atoms with van der Waals surface area (Å²) in [6, 6.07) is 7.88. The van der Waals surface area contributed by atoms with Gasteiger partial charge in [-0.1, -0.05) is 18.2 Å². The molecule has 4 nitrogen and oxygen atoms in total. The van der Waals surface area contributed by atoms with E-state index in [4.69, 9.17) is 5.21 Å². The molecular weight excluding hydrogens is 166 g/mol. The lowest BCUT2D eigenvalue weighted by Gasteiger charge is -2.25. The molecule has 1 aromatic rings. The number of aliphatic imine (C=N–C) groups is 1. The Hall–Kier alpha value is -1.55. The summed E-state index contributed by atoms with van der Waals surface area (Å²) in [6.45, 7) is 0.766. The van der Waals surface area contributed by atoms with Crippen LogP contribution in [0.15, 0.2) is 29.3 Å². The van der Waals surface area contributed by atoms with E-state index in [1.165, 1.54) is 5.56 Å². The monoisotopic (exact) mass is 177 g/mol. The predicted molar refractivity (Wildman–Crippen MR) is 49.9 cm³/mol. The molecule has 0 saturated carbocycles. The van der Waals surface area contributed by atoms with Gasteiger partial charge >= 0.3 is 0 Å². The van der Waals surface area contributed by atoms with Crippen LogP contribution in [0.2, 0.25) is 0 Å². The van der Waals surface area contributed by atoms with Crippen LogP contribution in [0.3, 0.4) is 0 Å². The fourth-order valence-corrected chi connectivity index (χ4v) is 1.39. The molecule has 1 aliphatic rings. The van der Waals surface area contributed by atoms with Gasteiger partial charge in [-0.25, -0.2) is 10.5 Å². The Morgan fingerprint density at radius 1 is 1.46 bits per heavy atom. The van der Waals surface area contributed by atoms with Gasteiger partial charge in [-0.05, 0) is 11.6 Å². The number of hydrogen-bond donors (Lipinski definition) is 2. The van der Waals surface area contributed by atoms with Crippen LogP contribution in [-0.2, 0) is 6.54 Å². The largest absolute Gasteiger partial charge is 0.340 e. The molecule has 2 rings (SSSR count). The Morgan fingerprint density at radius 3 is 3.00 bits per heavy atom. The fourth-order valence-electron chi connectivity index (χ4n) is 1.39. The predicted octanol–water partition coefficient (Wildman–Crippen LogP) is 1.10. The molecule has 1 heterocycles. The van der Waals surface area contributed by atoms with E-state index < -0.39 is 0 Å². The van der Waals surface area contributed by atoms with Crippen molar-refractivity contribution in [3.8, 4) is 0 Å². The van der Waals surface area contributed by atoms with Gasteiger partial charge in [-0.15, -0.1) is 0 Å². The normalized spacial score (nSPS) is 14.9. The maximum absolute atomic E-state index is 8.76. The third kappa shape index (κ3) is 1.36. The second kappa shape index (κ2) is 3.06. The zero-order valence-corrected chi connectivity index (χ0v) is 7.36. The van der Waals surface area contributed by atoms with Crippen molar-refractivity contribution in [2.45, 2.75) is 6.54 Å². The number of nitrogens with zero attached hydrogens (tertiary/aromatic N) is 2. The van der Waals surface area contributed by atoms with Gasteiger partial charge in [0, 0.05) is 13.6 Å². The molecule has 0 aromatic heterocycles. The van der Waals surface area contributed by atoms with Crippen molar-refractivity contribution in [2.24, 2.45) is 4.99 Å². The Labute approximate surface area is 76.5 Å². The summed E-state index contributed by atoms with van der Waals surface area (Å²) in [4.78, 5) is 6.08.